The summed E-state index contributed by atoms with van der Waals surface area (Å²) < 4.78 is 5.72. The highest BCUT2D eigenvalue weighted by molar-refractivity contribution is 5.92. The number of carbonyl (C=O) groups excluding carboxylic acids is 2. The van der Waals surface area contributed by atoms with Crippen molar-refractivity contribution in [3.05, 3.63) is 65.7 Å². The minimum Gasteiger partial charge on any atom is -0.489 e. The minimum absolute atomic E-state index is 0.140. The van der Waals surface area contributed by atoms with Gasteiger partial charge in [0.05, 0.1) is 0 Å². The number of carboxylic acids is 1. The van der Waals surface area contributed by atoms with Crippen LogP contribution in [0.1, 0.15) is 24.0 Å². The zero-order valence-electron chi connectivity index (χ0n) is 15.3. The van der Waals surface area contributed by atoms with Crippen molar-refractivity contribution >= 4 is 17.8 Å². The summed E-state index contributed by atoms with van der Waals surface area (Å²) in [6.07, 6.45) is 0.797. The van der Waals surface area contributed by atoms with E-state index in [-0.39, 0.29) is 18.7 Å². The molecule has 0 aliphatic carbocycles. The van der Waals surface area contributed by atoms with Gasteiger partial charge in [-0.25, -0.2) is 4.79 Å². The summed E-state index contributed by atoms with van der Waals surface area (Å²) in [5.74, 6) is -1.11. The topological polar surface area (TPSA) is 105 Å². The number of nitrogens with one attached hydrogen (secondary N) is 2. The van der Waals surface area contributed by atoms with Crippen molar-refractivity contribution in [3.8, 4) is 5.75 Å². The van der Waals surface area contributed by atoms with E-state index >= 15 is 0 Å². The van der Waals surface area contributed by atoms with Gasteiger partial charge in [0.2, 0.25) is 11.8 Å². The van der Waals surface area contributed by atoms with Crippen molar-refractivity contribution in [2.75, 3.05) is 0 Å². The number of hydrogen-bond donors (Lipinski definition) is 3. The second-order valence-electron chi connectivity index (χ2n) is 6.68. The molecule has 0 bridgehead atoms. The molecule has 2 atom stereocenters. The molecule has 0 radical (unpaired) electrons. The maximum absolute atomic E-state index is 12.2. The number of ether oxygens (including phenoxy) is 1. The highest BCUT2D eigenvalue weighted by Gasteiger charge is 2.30. The predicted octanol–water partition coefficient (Wildman–Crippen LogP) is 1.66. The van der Waals surface area contributed by atoms with Gasteiger partial charge in [0.25, 0.3) is 0 Å². The lowest BCUT2D eigenvalue weighted by molar-refractivity contribution is -0.142. The van der Waals surface area contributed by atoms with Crippen LogP contribution < -0.4 is 15.4 Å². The van der Waals surface area contributed by atoms with E-state index in [1.807, 2.05) is 30.3 Å². The molecule has 3 N–H and O–H groups in total. The van der Waals surface area contributed by atoms with Crippen LogP contribution in [0.3, 0.4) is 0 Å². The fraction of sp³-hybridized carbons (Fsp3) is 0.286. The molecule has 0 aromatic heterocycles. The summed E-state index contributed by atoms with van der Waals surface area (Å²) >= 11 is 0. The number of aliphatic carboxylic acids is 1. The summed E-state index contributed by atoms with van der Waals surface area (Å²) in [7, 11) is 0. The number of benzene rings is 2. The van der Waals surface area contributed by atoms with Crippen molar-refractivity contribution in [1.29, 1.82) is 0 Å². The van der Waals surface area contributed by atoms with Crippen LogP contribution in [0, 0.1) is 0 Å². The minimum atomic E-state index is -1.12. The van der Waals surface area contributed by atoms with Crippen LogP contribution in [0.4, 0.5) is 0 Å². The Morgan fingerprint density at radius 1 is 1.11 bits per heavy atom. The van der Waals surface area contributed by atoms with E-state index in [1.165, 1.54) is 0 Å². The molecule has 0 unspecified atom stereocenters. The van der Waals surface area contributed by atoms with Gasteiger partial charge in [-0.15, -0.1) is 0 Å². The van der Waals surface area contributed by atoms with E-state index < -0.39 is 24.0 Å². The van der Waals surface area contributed by atoms with Gasteiger partial charge in [0, 0.05) is 12.8 Å². The van der Waals surface area contributed by atoms with Crippen molar-refractivity contribution in [2.24, 2.45) is 0 Å². The summed E-state index contributed by atoms with van der Waals surface area (Å²) in [4.78, 5) is 34.9. The van der Waals surface area contributed by atoms with Crippen LogP contribution in [-0.2, 0) is 27.4 Å². The first kappa shape index (κ1) is 19.4. The normalized spacial score (nSPS) is 16.9. The van der Waals surface area contributed by atoms with Gasteiger partial charge in [-0.3, -0.25) is 9.59 Å². The zero-order valence-corrected chi connectivity index (χ0v) is 15.3. The second-order valence-corrected chi connectivity index (χ2v) is 6.68. The summed E-state index contributed by atoms with van der Waals surface area (Å²) in [5.41, 5.74) is 1.81. The first-order valence-corrected chi connectivity index (χ1v) is 9.09. The molecule has 1 saturated heterocycles. The summed E-state index contributed by atoms with van der Waals surface area (Å²) in [6.45, 7) is 0.446. The van der Waals surface area contributed by atoms with E-state index in [4.69, 9.17) is 4.74 Å². The molecule has 1 heterocycles. The molecule has 7 heteroatoms. The standard InChI is InChI=1S/C21H22N2O5/c24-19-11-10-17(22-19)20(25)23-18(21(26)27)12-14-6-8-16(9-7-14)28-13-15-4-2-1-3-5-15/h1-9,17-18H,10-13H2,(H,22,24)(H,23,25)(H,26,27)/t17-,18+/m0/s1. The summed E-state index contributed by atoms with van der Waals surface area (Å²) in [6, 6.07) is 15.1. The van der Waals surface area contributed by atoms with E-state index in [0.717, 1.165) is 11.1 Å². The number of hydrogen-bond acceptors (Lipinski definition) is 4. The highest BCUT2D eigenvalue weighted by atomic mass is 16.5. The second kappa shape index (κ2) is 9.03. The zero-order chi connectivity index (χ0) is 19.9. The van der Waals surface area contributed by atoms with E-state index in [2.05, 4.69) is 10.6 Å². The Morgan fingerprint density at radius 3 is 2.43 bits per heavy atom. The molecule has 28 heavy (non-hydrogen) atoms. The van der Waals surface area contributed by atoms with Gasteiger partial charge in [-0.1, -0.05) is 42.5 Å². The van der Waals surface area contributed by atoms with Gasteiger partial charge in [-0.05, 0) is 29.7 Å². The third kappa shape index (κ3) is 5.33. The number of carboxylic acid groups (broad SMARTS) is 1. The largest absolute Gasteiger partial charge is 0.489 e. The molecule has 3 rings (SSSR count). The highest BCUT2D eigenvalue weighted by Crippen LogP contribution is 2.16. The molecule has 1 fully saturated rings. The molecule has 7 nitrogen and oxygen atoms in total. The molecular formula is C21H22N2O5. The van der Waals surface area contributed by atoms with Crippen LogP contribution in [0.25, 0.3) is 0 Å². The molecule has 0 saturated carbocycles. The Bertz CT molecular complexity index is 836. The van der Waals surface area contributed by atoms with Crippen molar-refractivity contribution in [3.63, 3.8) is 0 Å². The van der Waals surface area contributed by atoms with Crippen molar-refractivity contribution < 1.29 is 24.2 Å². The number of amides is 2. The maximum atomic E-state index is 12.2. The summed E-state index contributed by atoms with van der Waals surface area (Å²) in [5, 5.41) is 14.5. The Morgan fingerprint density at radius 2 is 1.82 bits per heavy atom. The third-order valence-electron chi connectivity index (χ3n) is 4.54. The van der Waals surface area contributed by atoms with Crippen LogP contribution >= 0.6 is 0 Å². The van der Waals surface area contributed by atoms with E-state index in [9.17, 15) is 19.5 Å². The number of carbonyl (C=O) groups is 3. The van der Waals surface area contributed by atoms with Gasteiger partial charge in [0.1, 0.15) is 24.4 Å². The van der Waals surface area contributed by atoms with Gasteiger partial charge >= 0.3 is 5.97 Å². The maximum Gasteiger partial charge on any atom is 0.326 e. The lowest BCUT2D eigenvalue weighted by Gasteiger charge is -2.17. The van der Waals surface area contributed by atoms with Crippen LogP contribution in [0.5, 0.6) is 5.75 Å². The molecular weight excluding hydrogens is 360 g/mol. The lowest BCUT2D eigenvalue weighted by Crippen LogP contribution is -2.49. The third-order valence-corrected chi connectivity index (χ3v) is 4.54. The monoisotopic (exact) mass is 382 g/mol. The van der Waals surface area contributed by atoms with Gasteiger partial charge in [0.15, 0.2) is 0 Å². The average molecular weight is 382 g/mol. The molecule has 2 aromatic rings. The average Bonchev–Trinajstić information content (AvgIpc) is 3.14. The molecule has 1 aliphatic heterocycles. The fourth-order valence-corrected chi connectivity index (χ4v) is 2.98. The number of rotatable bonds is 8. The molecule has 0 spiro atoms. The molecule has 2 amide bonds. The van der Waals surface area contributed by atoms with Crippen LogP contribution in [0.2, 0.25) is 0 Å². The molecule has 1 aliphatic rings. The lowest BCUT2D eigenvalue weighted by atomic mass is 10.1. The quantitative estimate of drug-likeness (QED) is 0.644. The van der Waals surface area contributed by atoms with Crippen molar-refractivity contribution in [2.45, 2.75) is 38.0 Å². The Labute approximate surface area is 162 Å². The van der Waals surface area contributed by atoms with Gasteiger partial charge < -0.3 is 20.5 Å². The predicted molar refractivity (Wildman–Crippen MR) is 102 cm³/mol. The Hall–Kier alpha value is -3.35. The molecule has 146 valence electrons. The van der Waals surface area contributed by atoms with Crippen LogP contribution in [-0.4, -0.2) is 35.0 Å². The first-order chi connectivity index (χ1) is 13.5. The Balaban J connectivity index is 1.55. The van der Waals surface area contributed by atoms with Gasteiger partial charge in [-0.2, -0.15) is 0 Å². The Kier molecular flexibility index (Phi) is 6.26. The first-order valence-electron chi connectivity index (χ1n) is 9.09. The SMILES string of the molecule is O=C1CC[C@@H](C(=O)N[C@H](Cc2ccc(OCc3ccccc3)cc2)C(=O)O)N1. The smallest absolute Gasteiger partial charge is 0.326 e. The molecule has 2 aromatic carbocycles. The van der Waals surface area contributed by atoms with E-state index in [0.29, 0.717) is 18.8 Å². The van der Waals surface area contributed by atoms with Crippen LogP contribution in [0.15, 0.2) is 54.6 Å². The van der Waals surface area contributed by atoms with Crippen molar-refractivity contribution in [1.82, 2.24) is 10.6 Å². The fourth-order valence-electron chi connectivity index (χ4n) is 2.98. The van der Waals surface area contributed by atoms with E-state index in [1.54, 1.807) is 24.3 Å².